The lowest BCUT2D eigenvalue weighted by molar-refractivity contribution is -0.123. The Balaban J connectivity index is 1.79. The van der Waals surface area contributed by atoms with Crippen molar-refractivity contribution in [1.82, 2.24) is 14.3 Å². The molecule has 1 amide bonds. The van der Waals surface area contributed by atoms with Crippen LogP contribution in [0.25, 0.3) is 5.69 Å². The van der Waals surface area contributed by atoms with Crippen molar-refractivity contribution in [2.75, 3.05) is 5.32 Å². The van der Waals surface area contributed by atoms with Crippen molar-refractivity contribution in [3.8, 4) is 5.69 Å². The maximum atomic E-state index is 12.8. The maximum Gasteiger partial charge on any atom is 0.339 e. The minimum atomic E-state index is -1.08. The highest BCUT2D eigenvalue weighted by Gasteiger charge is 2.23. The highest BCUT2D eigenvalue weighted by atomic mass is 16.5. The summed E-state index contributed by atoms with van der Waals surface area (Å²) in [6, 6.07) is 12.1. The van der Waals surface area contributed by atoms with Crippen LogP contribution in [0.4, 0.5) is 5.69 Å². The molecule has 28 heavy (non-hydrogen) atoms. The smallest absolute Gasteiger partial charge is 0.339 e. The summed E-state index contributed by atoms with van der Waals surface area (Å²) in [4.78, 5) is 41.2. The molecule has 0 saturated carbocycles. The molecular weight excluding hydrogens is 360 g/mol. The van der Waals surface area contributed by atoms with Crippen LogP contribution < -0.4 is 10.9 Å². The van der Waals surface area contributed by atoms with Crippen molar-refractivity contribution in [2.45, 2.75) is 20.0 Å². The van der Waals surface area contributed by atoms with E-state index in [-0.39, 0.29) is 16.8 Å². The largest absolute Gasteiger partial charge is 0.449 e. The molecule has 0 radical (unpaired) electrons. The fourth-order valence-electron chi connectivity index (χ4n) is 2.71. The summed E-state index contributed by atoms with van der Waals surface area (Å²) in [6.45, 7) is 3.17. The quantitative estimate of drug-likeness (QED) is 0.684. The molecule has 3 rings (SSSR count). The topological polar surface area (TPSA) is 95.2 Å². The normalized spacial score (nSPS) is 11.7. The zero-order valence-electron chi connectivity index (χ0n) is 15.7. The molecule has 8 nitrogen and oxygen atoms in total. The molecular formula is C20H20N4O4. The van der Waals surface area contributed by atoms with Crippen molar-refractivity contribution >= 4 is 17.6 Å². The lowest BCUT2D eigenvalue weighted by Gasteiger charge is -2.12. The number of carbonyl (C=O) groups excluding carboxylic acids is 2. The highest BCUT2D eigenvalue weighted by molar-refractivity contribution is 5.97. The third-order valence-corrected chi connectivity index (χ3v) is 4.37. The van der Waals surface area contributed by atoms with E-state index < -0.39 is 18.0 Å². The minimum absolute atomic E-state index is 0.142. The van der Waals surface area contributed by atoms with E-state index in [4.69, 9.17) is 4.74 Å². The van der Waals surface area contributed by atoms with E-state index in [1.807, 2.05) is 18.2 Å². The van der Waals surface area contributed by atoms with Gasteiger partial charge in [0.1, 0.15) is 5.69 Å². The zero-order valence-corrected chi connectivity index (χ0v) is 15.7. The van der Waals surface area contributed by atoms with Gasteiger partial charge in [-0.3, -0.25) is 19.3 Å². The zero-order chi connectivity index (χ0) is 20.3. The number of pyridine rings is 1. The van der Waals surface area contributed by atoms with Crippen molar-refractivity contribution in [2.24, 2.45) is 7.05 Å². The Hall–Kier alpha value is -3.68. The summed E-state index contributed by atoms with van der Waals surface area (Å²) in [7, 11) is 1.73. The van der Waals surface area contributed by atoms with E-state index in [1.165, 1.54) is 36.1 Å². The van der Waals surface area contributed by atoms with E-state index in [0.717, 1.165) is 0 Å². The first kappa shape index (κ1) is 19.1. The van der Waals surface area contributed by atoms with Crippen molar-refractivity contribution in [3.05, 3.63) is 76.5 Å². The molecule has 0 aliphatic heterocycles. The first-order chi connectivity index (χ1) is 13.4. The number of rotatable bonds is 5. The lowest BCUT2D eigenvalue weighted by atomic mass is 10.2. The monoisotopic (exact) mass is 380 g/mol. The van der Waals surface area contributed by atoms with Gasteiger partial charge < -0.3 is 10.1 Å². The van der Waals surface area contributed by atoms with Gasteiger partial charge in [0, 0.05) is 19.4 Å². The molecule has 1 aromatic carbocycles. The number of para-hydroxylation sites is 1. The Morgan fingerprint density at radius 1 is 1.11 bits per heavy atom. The lowest BCUT2D eigenvalue weighted by Crippen LogP contribution is -2.32. The van der Waals surface area contributed by atoms with E-state index >= 15 is 0 Å². The molecule has 1 N–H and O–H groups in total. The third-order valence-electron chi connectivity index (χ3n) is 4.37. The van der Waals surface area contributed by atoms with Gasteiger partial charge in [0.25, 0.3) is 11.5 Å². The van der Waals surface area contributed by atoms with Crippen molar-refractivity contribution in [3.63, 3.8) is 0 Å². The van der Waals surface area contributed by atoms with Gasteiger partial charge in [-0.05, 0) is 38.1 Å². The molecule has 144 valence electrons. The number of ether oxygens (including phenoxy) is 1. The summed E-state index contributed by atoms with van der Waals surface area (Å²) in [5.74, 6) is -1.23. The van der Waals surface area contributed by atoms with E-state index in [1.54, 1.807) is 30.8 Å². The van der Waals surface area contributed by atoms with Gasteiger partial charge in [-0.1, -0.05) is 18.2 Å². The predicted molar refractivity (Wildman–Crippen MR) is 103 cm³/mol. The number of aromatic nitrogens is 3. The van der Waals surface area contributed by atoms with Crippen LogP contribution in [0, 0.1) is 6.92 Å². The number of carbonyl (C=O) groups is 2. The number of benzene rings is 1. The van der Waals surface area contributed by atoms with Crippen molar-refractivity contribution < 1.29 is 14.3 Å². The van der Waals surface area contributed by atoms with Gasteiger partial charge >= 0.3 is 5.97 Å². The number of amides is 1. The molecule has 1 unspecified atom stereocenters. The number of hydrogen-bond donors (Lipinski definition) is 1. The van der Waals surface area contributed by atoms with Gasteiger partial charge in [0.15, 0.2) is 6.10 Å². The van der Waals surface area contributed by atoms with Gasteiger partial charge in [0.2, 0.25) is 0 Å². The second-order valence-electron chi connectivity index (χ2n) is 6.21. The molecule has 0 spiro atoms. The second-order valence-corrected chi connectivity index (χ2v) is 6.21. The van der Waals surface area contributed by atoms with Crippen LogP contribution in [0.2, 0.25) is 0 Å². The molecule has 3 aromatic rings. The van der Waals surface area contributed by atoms with Gasteiger partial charge in [-0.2, -0.15) is 0 Å². The van der Waals surface area contributed by atoms with Gasteiger partial charge in [-0.25, -0.2) is 9.48 Å². The predicted octanol–water partition coefficient (Wildman–Crippen LogP) is 2.06. The third kappa shape index (κ3) is 3.71. The van der Waals surface area contributed by atoms with Crippen molar-refractivity contribution in [1.29, 1.82) is 0 Å². The summed E-state index contributed by atoms with van der Waals surface area (Å²) in [5.41, 5.74) is 1.32. The van der Waals surface area contributed by atoms with E-state index in [9.17, 15) is 14.4 Å². The molecule has 0 saturated heterocycles. The van der Waals surface area contributed by atoms with Crippen LogP contribution in [0.15, 0.2) is 59.7 Å². The molecule has 0 aliphatic rings. The standard InChI is InChI=1S/C20H20N4O4/c1-13-17(19(26)24(23(13)3)16-7-5-4-6-8-16)22-18(25)14(2)28-20(27)15-9-11-21-12-10-15/h4-12,14H,1-3H3,(H,22,25). The fourth-order valence-corrected chi connectivity index (χ4v) is 2.71. The average molecular weight is 380 g/mol. The van der Waals surface area contributed by atoms with Crippen LogP contribution >= 0.6 is 0 Å². The summed E-state index contributed by atoms with van der Waals surface area (Å²) < 4.78 is 8.29. The number of nitrogens with one attached hydrogen (secondary N) is 1. The van der Waals surface area contributed by atoms with Crippen LogP contribution in [-0.4, -0.2) is 32.3 Å². The first-order valence-corrected chi connectivity index (χ1v) is 8.66. The average Bonchev–Trinajstić information content (AvgIpc) is 2.92. The first-order valence-electron chi connectivity index (χ1n) is 8.66. The van der Waals surface area contributed by atoms with Gasteiger partial charge in [-0.15, -0.1) is 0 Å². The molecule has 2 aromatic heterocycles. The van der Waals surface area contributed by atoms with E-state index in [2.05, 4.69) is 10.3 Å². The Morgan fingerprint density at radius 2 is 1.75 bits per heavy atom. The van der Waals surface area contributed by atoms with Crippen LogP contribution in [0.1, 0.15) is 23.0 Å². The summed E-state index contributed by atoms with van der Waals surface area (Å²) >= 11 is 0. The number of nitrogens with zero attached hydrogens (tertiary/aromatic N) is 3. The molecule has 0 fully saturated rings. The Morgan fingerprint density at radius 3 is 2.39 bits per heavy atom. The molecule has 8 heteroatoms. The number of hydrogen-bond acceptors (Lipinski definition) is 5. The SMILES string of the molecule is Cc1c(NC(=O)C(C)OC(=O)c2ccncc2)c(=O)n(-c2ccccc2)n1C. The summed E-state index contributed by atoms with van der Waals surface area (Å²) in [6.07, 6.45) is 1.84. The Kier molecular flexibility index (Phi) is 5.39. The minimum Gasteiger partial charge on any atom is -0.449 e. The molecule has 0 bridgehead atoms. The van der Waals surface area contributed by atoms with Crippen LogP contribution in [0.5, 0.6) is 0 Å². The van der Waals surface area contributed by atoms with Crippen LogP contribution in [0.3, 0.4) is 0 Å². The maximum absolute atomic E-state index is 12.8. The Bertz CT molecular complexity index is 1060. The Labute approximate surface area is 161 Å². The molecule has 2 heterocycles. The van der Waals surface area contributed by atoms with Gasteiger partial charge in [0.05, 0.1) is 16.9 Å². The van der Waals surface area contributed by atoms with E-state index in [0.29, 0.717) is 11.4 Å². The number of anilines is 1. The number of esters is 1. The fraction of sp³-hybridized carbons (Fsp3) is 0.200. The second kappa shape index (κ2) is 7.91. The molecule has 0 aliphatic carbocycles. The summed E-state index contributed by atoms with van der Waals surface area (Å²) in [5, 5.41) is 2.58. The highest BCUT2D eigenvalue weighted by Crippen LogP contribution is 2.14. The van der Waals surface area contributed by atoms with Crippen LogP contribution in [-0.2, 0) is 16.6 Å². The molecule has 1 atom stereocenters.